The van der Waals surface area contributed by atoms with E-state index in [0.717, 1.165) is 12.0 Å². The van der Waals surface area contributed by atoms with Gasteiger partial charge in [0.1, 0.15) is 0 Å². The van der Waals surface area contributed by atoms with Gasteiger partial charge in [0.25, 0.3) is 0 Å². The summed E-state index contributed by atoms with van der Waals surface area (Å²) in [5, 5.41) is 3.06. The summed E-state index contributed by atoms with van der Waals surface area (Å²) in [5.41, 5.74) is 3.64. The lowest BCUT2D eigenvalue weighted by Gasteiger charge is -2.09. The summed E-state index contributed by atoms with van der Waals surface area (Å²) in [6, 6.07) is 8.71. The number of carbonyl (C=O) groups is 1. The van der Waals surface area contributed by atoms with Crippen molar-refractivity contribution in [2.45, 2.75) is 53.0 Å². The molecular weight excluding hydrogens is 234 g/mol. The van der Waals surface area contributed by atoms with E-state index in [1.54, 1.807) is 0 Å². The smallest absolute Gasteiger partial charge is 0.247 e. The maximum Gasteiger partial charge on any atom is 0.247 e. The highest BCUT2D eigenvalue weighted by atomic mass is 16.2. The lowest BCUT2D eigenvalue weighted by atomic mass is 9.93. The first-order valence-electron chi connectivity index (χ1n) is 7.36. The van der Waals surface area contributed by atoms with Crippen molar-refractivity contribution in [2.24, 2.45) is 0 Å². The molecule has 0 aromatic heterocycles. The number of fused-ring (bicyclic) bond motifs is 3. The van der Waals surface area contributed by atoms with E-state index in [4.69, 9.17) is 0 Å². The van der Waals surface area contributed by atoms with Crippen LogP contribution in [-0.4, -0.2) is 11.9 Å². The Bertz CT molecular complexity index is 462. The van der Waals surface area contributed by atoms with E-state index in [0.29, 0.717) is 12.0 Å². The van der Waals surface area contributed by atoms with Crippen LogP contribution in [0, 0.1) is 0 Å². The highest BCUT2D eigenvalue weighted by molar-refractivity contribution is 5.98. The summed E-state index contributed by atoms with van der Waals surface area (Å²) in [6.45, 7) is 9.94. The Morgan fingerprint density at radius 2 is 1.79 bits per heavy atom. The summed E-state index contributed by atoms with van der Waals surface area (Å²) in [6.07, 6.45) is 2.92. The molecule has 2 aliphatic rings. The Labute approximate surface area is 116 Å². The standard InChI is InChI=1S/C13H13NO.2C2H6/c1-2-9-12-10-6-4-3-5-8(10)7-11(12)14-13(9)15;2*1-2/h2-6,11-12H,7H2,1H3,(H,14,15);2*1-2H3/b9-2+;;. The van der Waals surface area contributed by atoms with E-state index in [2.05, 4.69) is 29.6 Å². The lowest BCUT2D eigenvalue weighted by Crippen LogP contribution is -2.26. The van der Waals surface area contributed by atoms with Gasteiger partial charge in [0, 0.05) is 17.5 Å². The Balaban J connectivity index is 0.000000415. The van der Waals surface area contributed by atoms with E-state index >= 15 is 0 Å². The summed E-state index contributed by atoms with van der Waals surface area (Å²) in [4.78, 5) is 11.6. The van der Waals surface area contributed by atoms with Gasteiger partial charge in [-0.3, -0.25) is 4.79 Å². The second kappa shape index (κ2) is 7.13. The number of nitrogens with one attached hydrogen (secondary N) is 1. The third-order valence-electron chi connectivity index (χ3n) is 3.46. The molecule has 0 saturated carbocycles. The molecule has 0 spiro atoms. The second-order valence-electron chi connectivity index (χ2n) is 4.20. The molecule has 1 N–H and O–H groups in total. The van der Waals surface area contributed by atoms with E-state index in [1.165, 1.54) is 11.1 Å². The van der Waals surface area contributed by atoms with E-state index in [9.17, 15) is 4.79 Å². The van der Waals surface area contributed by atoms with Gasteiger partial charge in [-0.05, 0) is 24.5 Å². The molecule has 1 saturated heterocycles. The monoisotopic (exact) mass is 259 g/mol. The first-order valence-corrected chi connectivity index (χ1v) is 7.36. The SMILES string of the molecule is C/C=C1/C(=O)NC2Cc3ccccc3C12.CC.CC. The van der Waals surface area contributed by atoms with Gasteiger partial charge < -0.3 is 5.32 Å². The van der Waals surface area contributed by atoms with Crippen molar-refractivity contribution in [3.05, 3.63) is 47.0 Å². The highest BCUT2D eigenvalue weighted by Crippen LogP contribution is 2.41. The van der Waals surface area contributed by atoms with E-state index in [-0.39, 0.29) is 5.91 Å². The zero-order chi connectivity index (χ0) is 14.4. The minimum absolute atomic E-state index is 0.113. The first kappa shape index (κ1) is 15.5. The number of hydrogen-bond acceptors (Lipinski definition) is 1. The molecule has 2 atom stereocenters. The zero-order valence-corrected chi connectivity index (χ0v) is 12.7. The Morgan fingerprint density at radius 3 is 2.42 bits per heavy atom. The molecule has 2 nitrogen and oxygen atoms in total. The molecule has 1 aliphatic carbocycles. The molecule has 19 heavy (non-hydrogen) atoms. The van der Waals surface area contributed by atoms with Crippen LogP contribution in [0.15, 0.2) is 35.9 Å². The summed E-state index contributed by atoms with van der Waals surface area (Å²) < 4.78 is 0. The quantitative estimate of drug-likeness (QED) is 0.705. The summed E-state index contributed by atoms with van der Waals surface area (Å²) in [7, 11) is 0. The number of benzene rings is 1. The van der Waals surface area contributed by atoms with Gasteiger partial charge in [-0.15, -0.1) is 0 Å². The minimum Gasteiger partial charge on any atom is -0.348 e. The Hall–Kier alpha value is -1.57. The molecule has 1 amide bonds. The number of amides is 1. The molecule has 2 heteroatoms. The molecule has 0 bridgehead atoms. The molecule has 1 fully saturated rings. The number of rotatable bonds is 0. The fourth-order valence-electron chi connectivity index (χ4n) is 2.82. The van der Waals surface area contributed by atoms with Gasteiger partial charge >= 0.3 is 0 Å². The van der Waals surface area contributed by atoms with Gasteiger partial charge in [-0.1, -0.05) is 58.0 Å². The van der Waals surface area contributed by atoms with Crippen LogP contribution in [0.3, 0.4) is 0 Å². The van der Waals surface area contributed by atoms with Crippen LogP contribution in [0.2, 0.25) is 0 Å². The fourth-order valence-corrected chi connectivity index (χ4v) is 2.82. The van der Waals surface area contributed by atoms with E-state index < -0.39 is 0 Å². The van der Waals surface area contributed by atoms with Crippen LogP contribution in [0.4, 0.5) is 0 Å². The van der Waals surface area contributed by atoms with Crippen LogP contribution in [-0.2, 0) is 11.2 Å². The van der Waals surface area contributed by atoms with Gasteiger partial charge in [-0.25, -0.2) is 0 Å². The average molecular weight is 259 g/mol. The van der Waals surface area contributed by atoms with Gasteiger partial charge in [0.15, 0.2) is 0 Å². The number of carbonyl (C=O) groups excluding carboxylic acids is 1. The molecule has 1 aromatic carbocycles. The van der Waals surface area contributed by atoms with Crippen LogP contribution in [0.25, 0.3) is 0 Å². The molecule has 1 aromatic rings. The van der Waals surface area contributed by atoms with Gasteiger partial charge in [0.2, 0.25) is 5.91 Å². The fraction of sp³-hybridized carbons (Fsp3) is 0.471. The van der Waals surface area contributed by atoms with Crippen LogP contribution in [0.5, 0.6) is 0 Å². The predicted octanol–water partition coefficient (Wildman–Crippen LogP) is 3.82. The Kier molecular flexibility index (Phi) is 5.81. The Morgan fingerprint density at radius 1 is 1.16 bits per heavy atom. The molecule has 0 radical (unpaired) electrons. The van der Waals surface area contributed by atoms with Crippen molar-refractivity contribution in [1.82, 2.24) is 5.32 Å². The molecule has 1 aliphatic heterocycles. The molecule has 2 unspecified atom stereocenters. The van der Waals surface area contributed by atoms with Gasteiger partial charge in [0.05, 0.1) is 0 Å². The largest absolute Gasteiger partial charge is 0.348 e. The maximum atomic E-state index is 11.6. The van der Waals surface area contributed by atoms with Crippen LogP contribution >= 0.6 is 0 Å². The topological polar surface area (TPSA) is 29.1 Å². The van der Waals surface area contributed by atoms with E-state index in [1.807, 2.05) is 40.7 Å². The summed E-state index contributed by atoms with van der Waals surface area (Å²) >= 11 is 0. The lowest BCUT2D eigenvalue weighted by molar-refractivity contribution is -0.116. The van der Waals surface area contributed by atoms with Crippen molar-refractivity contribution >= 4 is 5.91 Å². The number of allylic oxidation sites excluding steroid dienone is 1. The van der Waals surface area contributed by atoms with Crippen molar-refractivity contribution < 1.29 is 4.79 Å². The van der Waals surface area contributed by atoms with Crippen LogP contribution in [0.1, 0.15) is 51.7 Å². The van der Waals surface area contributed by atoms with Crippen molar-refractivity contribution in [2.75, 3.05) is 0 Å². The summed E-state index contributed by atoms with van der Waals surface area (Å²) in [5.74, 6) is 0.403. The van der Waals surface area contributed by atoms with Crippen molar-refractivity contribution in [3.63, 3.8) is 0 Å². The normalized spacial score (nSPS) is 24.5. The maximum absolute atomic E-state index is 11.6. The van der Waals surface area contributed by atoms with Crippen molar-refractivity contribution in [3.8, 4) is 0 Å². The average Bonchev–Trinajstić information content (AvgIpc) is 2.97. The molecular formula is C17H25NO. The second-order valence-corrected chi connectivity index (χ2v) is 4.20. The number of hydrogen-bond donors (Lipinski definition) is 1. The molecule has 3 rings (SSSR count). The highest BCUT2D eigenvalue weighted by Gasteiger charge is 2.42. The minimum atomic E-state index is 0.113. The zero-order valence-electron chi connectivity index (χ0n) is 12.7. The van der Waals surface area contributed by atoms with Gasteiger partial charge in [-0.2, -0.15) is 0 Å². The molecule has 104 valence electrons. The molecule has 1 heterocycles. The third-order valence-corrected chi connectivity index (χ3v) is 3.46. The third kappa shape index (κ3) is 2.73. The van der Waals surface area contributed by atoms with Crippen molar-refractivity contribution in [1.29, 1.82) is 0 Å². The van der Waals surface area contributed by atoms with Crippen LogP contribution < -0.4 is 5.32 Å². The predicted molar refractivity (Wildman–Crippen MR) is 81.3 cm³/mol. The first-order chi connectivity index (χ1) is 9.31.